The molecular weight excluding hydrogens is 308 g/mol. The van der Waals surface area contributed by atoms with E-state index in [0.717, 1.165) is 17.9 Å². The van der Waals surface area contributed by atoms with Crippen molar-refractivity contribution in [2.24, 2.45) is 0 Å². The summed E-state index contributed by atoms with van der Waals surface area (Å²) in [6.45, 7) is 2.29. The molecule has 1 atom stereocenters. The van der Waals surface area contributed by atoms with Crippen LogP contribution in [0.25, 0.3) is 0 Å². The summed E-state index contributed by atoms with van der Waals surface area (Å²) in [4.78, 5) is 0.357. The molecule has 1 saturated heterocycles. The van der Waals surface area contributed by atoms with Gasteiger partial charge in [0.2, 0.25) is 10.0 Å². The Bertz CT molecular complexity index is 604. The fraction of sp³-hybridized carbons (Fsp3) is 0.769. The number of nitrogens with one attached hydrogen (secondary N) is 2. The van der Waals surface area contributed by atoms with Crippen LogP contribution in [0.2, 0.25) is 0 Å². The van der Waals surface area contributed by atoms with Gasteiger partial charge < -0.3 is 5.32 Å². The molecule has 0 bridgehead atoms. The largest absolute Gasteiger partial charge is 0.308 e. The molecule has 8 heteroatoms. The third kappa shape index (κ3) is 3.13. The van der Waals surface area contributed by atoms with Crippen LogP contribution in [0.1, 0.15) is 30.7 Å². The van der Waals surface area contributed by atoms with Crippen LogP contribution in [0.5, 0.6) is 0 Å². The minimum Gasteiger partial charge on any atom is -0.308 e. The summed E-state index contributed by atoms with van der Waals surface area (Å²) in [5, 5.41) is 10.4. The van der Waals surface area contributed by atoms with Crippen LogP contribution in [0.4, 0.5) is 0 Å². The van der Waals surface area contributed by atoms with Crippen LogP contribution < -0.4 is 5.32 Å². The molecule has 0 aromatic carbocycles. The van der Waals surface area contributed by atoms with Gasteiger partial charge in [0.05, 0.1) is 11.4 Å². The molecule has 0 radical (unpaired) electrons. The maximum absolute atomic E-state index is 12.9. The highest BCUT2D eigenvalue weighted by Crippen LogP contribution is 2.29. The van der Waals surface area contributed by atoms with E-state index in [0.29, 0.717) is 28.9 Å². The van der Waals surface area contributed by atoms with Crippen LogP contribution in [-0.2, 0) is 16.6 Å². The van der Waals surface area contributed by atoms with Gasteiger partial charge in [0.15, 0.2) is 0 Å². The second-order valence-electron chi connectivity index (χ2n) is 5.82. The van der Waals surface area contributed by atoms with E-state index in [9.17, 15) is 8.42 Å². The first-order valence-corrected chi connectivity index (χ1v) is 9.92. The lowest BCUT2D eigenvalue weighted by atomic mass is 10.3. The molecule has 1 aromatic rings. The number of aryl methyl sites for hydroxylation is 1. The maximum Gasteiger partial charge on any atom is 0.246 e. The van der Waals surface area contributed by atoms with Crippen LogP contribution in [0, 0.1) is 6.92 Å². The zero-order chi connectivity index (χ0) is 15.0. The molecule has 0 spiro atoms. The standard InChI is InChI=1S/C13H22N4O2S2/c1-9-13(12(16-15-9)7-14-10-3-4-10)21(18,19)17(2)11-5-6-20-8-11/h10-11,14H,3-8H2,1-2H3,(H,15,16). The Morgan fingerprint density at radius 2 is 2.19 bits per heavy atom. The Kier molecular flexibility index (Phi) is 4.31. The molecule has 2 aliphatic rings. The molecule has 1 unspecified atom stereocenters. The van der Waals surface area contributed by atoms with E-state index in [-0.39, 0.29) is 6.04 Å². The van der Waals surface area contributed by atoms with Gasteiger partial charge in [-0.05, 0) is 31.9 Å². The van der Waals surface area contributed by atoms with Gasteiger partial charge in [-0.15, -0.1) is 0 Å². The van der Waals surface area contributed by atoms with Crippen molar-refractivity contribution in [3.63, 3.8) is 0 Å². The number of aromatic nitrogens is 2. The van der Waals surface area contributed by atoms with Crippen molar-refractivity contribution in [2.45, 2.75) is 49.7 Å². The SMILES string of the molecule is Cc1[nH]nc(CNC2CC2)c1S(=O)(=O)N(C)C1CCSC1. The van der Waals surface area contributed by atoms with E-state index in [1.807, 2.05) is 11.8 Å². The van der Waals surface area contributed by atoms with Crippen LogP contribution >= 0.6 is 11.8 Å². The lowest BCUT2D eigenvalue weighted by Crippen LogP contribution is -2.37. The third-order valence-electron chi connectivity index (χ3n) is 4.15. The summed E-state index contributed by atoms with van der Waals surface area (Å²) in [6, 6.07) is 0.625. The van der Waals surface area contributed by atoms with E-state index in [2.05, 4.69) is 15.5 Å². The average molecular weight is 330 g/mol. The van der Waals surface area contributed by atoms with Gasteiger partial charge in [-0.2, -0.15) is 21.2 Å². The number of nitrogens with zero attached hydrogens (tertiary/aromatic N) is 2. The first-order chi connectivity index (χ1) is 10.00. The summed E-state index contributed by atoms with van der Waals surface area (Å²) >= 11 is 1.81. The normalized spacial score (nSPS) is 23.1. The first-order valence-electron chi connectivity index (χ1n) is 7.33. The van der Waals surface area contributed by atoms with Crippen LogP contribution in [0.3, 0.4) is 0 Å². The predicted octanol–water partition coefficient (Wildman–Crippen LogP) is 1.10. The second kappa shape index (κ2) is 5.91. The van der Waals surface area contributed by atoms with Gasteiger partial charge in [0.1, 0.15) is 4.90 Å². The maximum atomic E-state index is 12.9. The summed E-state index contributed by atoms with van der Waals surface area (Å²) in [5.41, 5.74) is 1.23. The molecule has 0 amide bonds. The number of H-pyrrole nitrogens is 1. The highest BCUT2D eigenvalue weighted by molar-refractivity contribution is 7.99. The van der Waals surface area contributed by atoms with E-state index < -0.39 is 10.0 Å². The van der Waals surface area contributed by atoms with Crippen molar-refractivity contribution in [2.75, 3.05) is 18.6 Å². The van der Waals surface area contributed by atoms with Gasteiger partial charge in [0, 0.05) is 31.4 Å². The van der Waals surface area contributed by atoms with Crippen molar-refractivity contribution in [1.29, 1.82) is 0 Å². The molecule has 3 rings (SSSR count). The quantitative estimate of drug-likeness (QED) is 0.816. The van der Waals surface area contributed by atoms with Gasteiger partial charge in [-0.1, -0.05) is 0 Å². The average Bonchev–Trinajstić information content (AvgIpc) is 2.97. The minimum absolute atomic E-state index is 0.0959. The zero-order valence-electron chi connectivity index (χ0n) is 12.4. The number of aromatic amines is 1. The number of hydrogen-bond acceptors (Lipinski definition) is 5. The van der Waals surface area contributed by atoms with Crippen molar-refractivity contribution >= 4 is 21.8 Å². The zero-order valence-corrected chi connectivity index (χ0v) is 14.1. The van der Waals surface area contributed by atoms with Gasteiger partial charge in [-0.25, -0.2) is 8.42 Å². The number of hydrogen-bond donors (Lipinski definition) is 2. The molecule has 1 saturated carbocycles. The molecular formula is C13H22N4O2S2. The van der Waals surface area contributed by atoms with E-state index in [1.54, 1.807) is 14.0 Å². The third-order valence-corrected chi connectivity index (χ3v) is 7.41. The van der Waals surface area contributed by atoms with E-state index in [1.165, 1.54) is 17.1 Å². The minimum atomic E-state index is -3.48. The van der Waals surface area contributed by atoms with Crippen LogP contribution in [0.15, 0.2) is 4.90 Å². The Hall–Kier alpha value is -0.570. The summed E-state index contributed by atoms with van der Waals surface area (Å²) in [6.07, 6.45) is 3.27. The monoisotopic (exact) mass is 330 g/mol. The van der Waals surface area contributed by atoms with Crippen molar-refractivity contribution in [1.82, 2.24) is 19.8 Å². The molecule has 1 aromatic heterocycles. The molecule has 2 heterocycles. The number of rotatable bonds is 6. The number of sulfonamides is 1. The lowest BCUT2D eigenvalue weighted by molar-refractivity contribution is 0.394. The molecule has 2 N–H and O–H groups in total. The molecule has 118 valence electrons. The molecule has 1 aliphatic heterocycles. The Morgan fingerprint density at radius 1 is 1.43 bits per heavy atom. The molecule has 6 nitrogen and oxygen atoms in total. The second-order valence-corrected chi connectivity index (χ2v) is 8.90. The van der Waals surface area contributed by atoms with Gasteiger partial charge >= 0.3 is 0 Å². The first kappa shape index (κ1) is 15.3. The van der Waals surface area contributed by atoms with E-state index in [4.69, 9.17) is 0 Å². The summed E-state index contributed by atoms with van der Waals surface area (Å²) in [7, 11) is -1.79. The van der Waals surface area contributed by atoms with Crippen molar-refractivity contribution in [3.8, 4) is 0 Å². The fourth-order valence-electron chi connectivity index (χ4n) is 2.61. The highest BCUT2D eigenvalue weighted by atomic mass is 32.2. The van der Waals surface area contributed by atoms with Crippen molar-refractivity contribution < 1.29 is 8.42 Å². The molecule has 1 aliphatic carbocycles. The summed E-state index contributed by atoms with van der Waals surface area (Å²) in [5.74, 6) is 1.91. The summed E-state index contributed by atoms with van der Waals surface area (Å²) < 4.78 is 27.4. The van der Waals surface area contributed by atoms with Gasteiger partial charge in [-0.3, -0.25) is 5.10 Å². The fourth-order valence-corrected chi connectivity index (χ4v) is 5.68. The van der Waals surface area contributed by atoms with E-state index >= 15 is 0 Å². The van der Waals surface area contributed by atoms with Crippen molar-refractivity contribution in [3.05, 3.63) is 11.4 Å². The predicted molar refractivity (Wildman–Crippen MR) is 83.9 cm³/mol. The molecule has 21 heavy (non-hydrogen) atoms. The van der Waals surface area contributed by atoms with Gasteiger partial charge in [0.25, 0.3) is 0 Å². The smallest absolute Gasteiger partial charge is 0.246 e. The Morgan fingerprint density at radius 3 is 2.81 bits per heavy atom. The Balaban J connectivity index is 1.84. The Labute approximate surface area is 130 Å². The topological polar surface area (TPSA) is 78.1 Å². The number of thioether (sulfide) groups is 1. The van der Waals surface area contributed by atoms with Crippen LogP contribution in [-0.4, -0.2) is 53.6 Å². The highest BCUT2D eigenvalue weighted by Gasteiger charge is 2.34. The lowest BCUT2D eigenvalue weighted by Gasteiger charge is -2.23. The molecule has 2 fully saturated rings.